The van der Waals surface area contributed by atoms with Crippen molar-refractivity contribution in [2.45, 2.75) is 18.2 Å². The Bertz CT molecular complexity index is 967. The number of allylic oxidation sites excluding steroid dienone is 1. The van der Waals surface area contributed by atoms with Crippen LogP contribution >= 0.6 is 11.8 Å². The molecule has 0 fully saturated rings. The molecule has 144 valence electrons. The van der Waals surface area contributed by atoms with Gasteiger partial charge in [0.2, 0.25) is 5.91 Å². The van der Waals surface area contributed by atoms with Gasteiger partial charge < -0.3 is 9.73 Å². The lowest BCUT2D eigenvalue weighted by atomic mass is 10.2. The summed E-state index contributed by atoms with van der Waals surface area (Å²) in [6.07, 6.45) is 3.24. The predicted octanol–water partition coefficient (Wildman–Crippen LogP) is 3.04. The first-order valence-electron chi connectivity index (χ1n) is 8.29. The summed E-state index contributed by atoms with van der Waals surface area (Å²) in [5, 5.41) is 22.5. The molecule has 0 bridgehead atoms. The molecular weight excluding hydrogens is 382 g/mol. The van der Waals surface area contributed by atoms with Gasteiger partial charge in [0.15, 0.2) is 11.0 Å². The van der Waals surface area contributed by atoms with Crippen molar-refractivity contribution >= 4 is 23.4 Å². The number of nitrogens with zero attached hydrogens (tertiary/aromatic N) is 4. The van der Waals surface area contributed by atoms with Gasteiger partial charge in [0.05, 0.1) is 23.5 Å². The largest absolute Gasteiger partial charge is 0.467 e. The van der Waals surface area contributed by atoms with Gasteiger partial charge in [-0.25, -0.2) is 0 Å². The van der Waals surface area contributed by atoms with Crippen molar-refractivity contribution in [2.24, 2.45) is 0 Å². The van der Waals surface area contributed by atoms with Crippen LogP contribution in [-0.4, -0.2) is 31.3 Å². The van der Waals surface area contributed by atoms with Crippen LogP contribution in [0.15, 0.2) is 64.9 Å². The Hall–Kier alpha value is -3.40. The molecule has 0 spiro atoms. The van der Waals surface area contributed by atoms with Gasteiger partial charge in [0, 0.05) is 24.2 Å². The lowest BCUT2D eigenvalue weighted by Crippen LogP contribution is -2.24. The highest BCUT2D eigenvalue weighted by Crippen LogP contribution is 2.25. The molecule has 1 N–H and O–H groups in total. The van der Waals surface area contributed by atoms with E-state index < -0.39 is 4.92 Å². The smallest absolute Gasteiger partial charge is 0.269 e. The Labute approximate surface area is 164 Å². The molecule has 10 heteroatoms. The van der Waals surface area contributed by atoms with E-state index in [1.807, 2.05) is 0 Å². The first-order chi connectivity index (χ1) is 13.6. The number of aromatic nitrogens is 3. The summed E-state index contributed by atoms with van der Waals surface area (Å²) in [6, 6.07) is 9.60. The molecule has 1 aromatic carbocycles. The first-order valence-corrected chi connectivity index (χ1v) is 9.28. The van der Waals surface area contributed by atoms with Crippen LogP contribution in [-0.2, 0) is 17.9 Å². The average molecular weight is 399 g/mol. The number of furan rings is 1. The van der Waals surface area contributed by atoms with Crippen molar-refractivity contribution < 1.29 is 14.1 Å². The zero-order valence-corrected chi connectivity index (χ0v) is 15.6. The number of carbonyl (C=O) groups excluding carboxylic acids is 1. The zero-order chi connectivity index (χ0) is 19.9. The number of benzene rings is 1. The highest BCUT2D eigenvalue weighted by Gasteiger charge is 2.16. The minimum absolute atomic E-state index is 0.00126. The number of non-ortho nitro benzene ring substituents is 1. The number of amides is 1. The quantitative estimate of drug-likeness (QED) is 0.254. The standard InChI is InChI=1S/C18H17N5O4S/c1-2-9-22-17(13-5-7-14(8-6-13)23(25)26)20-21-18(22)28-12-16(24)19-11-15-4-3-10-27-15/h2-8,10H,1,9,11-12H2,(H,19,24). The molecule has 28 heavy (non-hydrogen) atoms. The normalized spacial score (nSPS) is 10.6. The third-order valence-corrected chi connectivity index (χ3v) is 4.70. The van der Waals surface area contributed by atoms with Crippen molar-refractivity contribution in [1.82, 2.24) is 20.1 Å². The maximum Gasteiger partial charge on any atom is 0.269 e. The van der Waals surface area contributed by atoms with Crippen LogP contribution in [0.3, 0.4) is 0 Å². The number of rotatable bonds is 9. The van der Waals surface area contributed by atoms with Gasteiger partial charge in [0.25, 0.3) is 5.69 Å². The third kappa shape index (κ3) is 4.65. The summed E-state index contributed by atoms with van der Waals surface area (Å²) in [5.74, 6) is 1.23. The second kappa shape index (κ2) is 9.00. The molecule has 0 saturated heterocycles. The lowest BCUT2D eigenvalue weighted by molar-refractivity contribution is -0.384. The Kier molecular flexibility index (Phi) is 6.22. The molecule has 3 rings (SSSR count). The van der Waals surface area contributed by atoms with E-state index in [1.54, 1.807) is 41.2 Å². The Morgan fingerprint density at radius 1 is 1.32 bits per heavy atom. The van der Waals surface area contributed by atoms with E-state index in [1.165, 1.54) is 23.9 Å². The number of thioether (sulfide) groups is 1. The van der Waals surface area contributed by atoms with Gasteiger partial charge in [-0.3, -0.25) is 19.5 Å². The fourth-order valence-corrected chi connectivity index (χ4v) is 3.19. The van der Waals surface area contributed by atoms with Crippen LogP contribution in [0.4, 0.5) is 5.69 Å². The Morgan fingerprint density at radius 2 is 2.11 bits per heavy atom. The maximum atomic E-state index is 12.0. The number of nitro groups is 1. The van der Waals surface area contributed by atoms with Crippen LogP contribution < -0.4 is 5.32 Å². The second-order valence-electron chi connectivity index (χ2n) is 5.65. The molecule has 0 atom stereocenters. The molecule has 2 aromatic heterocycles. The van der Waals surface area contributed by atoms with Crippen LogP contribution in [0.25, 0.3) is 11.4 Å². The summed E-state index contributed by atoms with van der Waals surface area (Å²) in [5.41, 5.74) is 0.690. The highest BCUT2D eigenvalue weighted by atomic mass is 32.2. The minimum atomic E-state index is -0.457. The van der Waals surface area contributed by atoms with Gasteiger partial charge in [-0.1, -0.05) is 17.8 Å². The summed E-state index contributed by atoms with van der Waals surface area (Å²) in [4.78, 5) is 22.4. The molecule has 0 radical (unpaired) electrons. The number of nitro benzene ring substituents is 1. The zero-order valence-electron chi connectivity index (χ0n) is 14.8. The van der Waals surface area contributed by atoms with E-state index in [9.17, 15) is 14.9 Å². The summed E-state index contributed by atoms with van der Waals surface area (Å²) in [7, 11) is 0. The maximum absolute atomic E-state index is 12.0. The molecule has 9 nitrogen and oxygen atoms in total. The first kappa shape index (κ1) is 19.4. The molecular formula is C18H17N5O4S. The van der Waals surface area contributed by atoms with E-state index in [-0.39, 0.29) is 17.3 Å². The van der Waals surface area contributed by atoms with E-state index in [0.29, 0.717) is 35.4 Å². The number of hydrogen-bond donors (Lipinski definition) is 1. The van der Waals surface area contributed by atoms with E-state index >= 15 is 0 Å². The fourth-order valence-electron chi connectivity index (χ4n) is 2.41. The predicted molar refractivity (Wildman–Crippen MR) is 104 cm³/mol. The summed E-state index contributed by atoms with van der Waals surface area (Å²) < 4.78 is 6.98. The van der Waals surface area contributed by atoms with Crippen molar-refractivity contribution in [2.75, 3.05) is 5.75 Å². The van der Waals surface area contributed by atoms with Crippen LogP contribution in [0.1, 0.15) is 5.76 Å². The summed E-state index contributed by atoms with van der Waals surface area (Å²) in [6.45, 7) is 4.50. The third-order valence-electron chi connectivity index (χ3n) is 3.74. The number of hydrogen-bond acceptors (Lipinski definition) is 7. The van der Waals surface area contributed by atoms with Crippen LogP contribution in [0, 0.1) is 10.1 Å². The van der Waals surface area contributed by atoms with E-state index in [0.717, 1.165) is 0 Å². The molecule has 0 aliphatic carbocycles. The van der Waals surface area contributed by atoms with Crippen molar-refractivity contribution in [3.05, 3.63) is 71.2 Å². The molecule has 0 saturated carbocycles. The monoisotopic (exact) mass is 399 g/mol. The average Bonchev–Trinajstić information content (AvgIpc) is 3.35. The van der Waals surface area contributed by atoms with Gasteiger partial charge in [-0.15, -0.1) is 16.8 Å². The topological polar surface area (TPSA) is 116 Å². The molecule has 3 aromatic rings. The molecule has 0 unspecified atom stereocenters. The van der Waals surface area contributed by atoms with Gasteiger partial charge in [-0.05, 0) is 24.3 Å². The van der Waals surface area contributed by atoms with Gasteiger partial charge >= 0.3 is 0 Å². The molecule has 0 aliphatic heterocycles. The molecule has 2 heterocycles. The van der Waals surface area contributed by atoms with Crippen molar-refractivity contribution in [1.29, 1.82) is 0 Å². The minimum Gasteiger partial charge on any atom is -0.467 e. The number of nitrogens with one attached hydrogen (secondary N) is 1. The van der Waals surface area contributed by atoms with Crippen molar-refractivity contribution in [3.8, 4) is 11.4 Å². The van der Waals surface area contributed by atoms with Crippen LogP contribution in [0.2, 0.25) is 0 Å². The van der Waals surface area contributed by atoms with Crippen molar-refractivity contribution in [3.63, 3.8) is 0 Å². The summed E-state index contributed by atoms with van der Waals surface area (Å²) >= 11 is 1.25. The SMILES string of the molecule is C=CCn1c(SCC(=O)NCc2ccco2)nnc1-c1ccc([N+](=O)[O-])cc1. The van der Waals surface area contributed by atoms with Gasteiger partial charge in [0.1, 0.15) is 5.76 Å². The number of carbonyl (C=O) groups is 1. The molecule has 0 aliphatic rings. The Morgan fingerprint density at radius 3 is 2.75 bits per heavy atom. The fraction of sp³-hybridized carbons (Fsp3) is 0.167. The van der Waals surface area contributed by atoms with E-state index in [2.05, 4.69) is 22.1 Å². The second-order valence-corrected chi connectivity index (χ2v) is 6.60. The van der Waals surface area contributed by atoms with E-state index in [4.69, 9.17) is 4.42 Å². The molecule has 1 amide bonds. The highest BCUT2D eigenvalue weighted by molar-refractivity contribution is 7.99. The Balaban J connectivity index is 1.68. The van der Waals surface area contributed by atoms with Crippen LogP contribution in [0.5, 0.6) is 0 Å². The van der Waals surface area contributed by atoms with Gasteiger partial charge in [-0.2, -0.15) is 0 Å². The lowest BCUT2D eigenvalue weighted by Gasteiger charge is -2.08.